The Bertz CT molecular complexity index is 393. The first-order valence-electron chi connectivity index (χ1n) is 5.82. The summed E-state index contributed by atoms with van der Waals surface area (Å²) in [5.74, 6) is 0.446. The summed E-state index contributed by atoms with van der Waals surface area (Å²) in [6.45, 7) is 2.89. The molecule has 2 N–H and O–H groups in total. The van der Waals surface area contributed by atoms with Gasteiger partial charge >= 0.3 is 5.97 Å². The fourth-order valence-electron chi connectivity index (χ4n) is 1.47. The predicted molar refractivity (Wildman–Crippen MR) is 68.3 cm³/mol. The molecule has 100 valence electrons. The van der Waals surface area contributed by atoms with Gasteiger partial charge in [-0.15, -0.1) is 0 Å². The van der Waals surface area contributed by atoms with Gasteiger partial charge in [-0.2, -0.15) is 0 Å². The van der Waals surface area contributed by atoms with Crippen molar-refractivity contribution in [3.8, 4) is 5.75 Å². The van der Waals surface area contributed by atoms with Crippen molar-refractivity contribution in [2.75, 3.05) is 26.1 Å². The number of carbonyl (C=O) groups is 1. The summed E-state index contributed by atoms with van der Waals surface area (Å²) in [7, 11) is 1.58. The van der Waals surface area contributed by atoms with Crippen molar-refractivity contribution in [2.24, 2.45) is 0 Å². The van der Waals surface area contributed by atoms with Crippen LogP contribution in [0.1, 0.15) is 18.9 Å². The highest BCUT2D eigenvalue weighted by molar-refractivity contribution is 5.69. The van der Waals surface area contributed by atoms with Crippen molar-refractivity contribution in [3.05, 3.63) is 23.8 Å². The van der Waals surface area contributed by atoms with Crippen molar-refractivity contribution in [3.63, 3.8) is 0 Å². The topological polar surface area (TPSA) is 70.8 Å². The maximum atomic E-state index is 11.1. The van der Waals surface area contributed by atoms with Gasteiger partial charge in [0.05, 0.1) is 33.4 Å². The van der Waals surface area contributed by atoms with Gasteiger partial charge < -0.3 is 19.9 Å². The quantitative estimate of drug-likeness (QED) is 0.455. The Morgan fingerprint density at radius 1 is 1.33 bits per heavy atom. The van der Waals surface area contributed by atoms with Gasteiger partial charge in [-0.05, 0) is 24.6 Å². The fourth-order valence-corrected chi connectivity index (χ4v) is 1.47. The van der Waals surface area contributed by atoms with E-state index in [-0.39, 0.29) is 12.4 Å². The van der Waals surface area contributed by atoms with E-state index >= 15 is 0 Å². The lowest BCUT2D eigenvalue weighted by Crippen LogP contribution is -2.08. The predicted octanol–water partition coefficient (Wildman–Crippen LogP) is 1.75. The van der Waals surface area contributed by atoms with Gasteiger partial charge in [0.2, 0.25) is 0 Å². The minimum Gasteiger partial charge on any atom is -0.497 e. The summed E-state index contributed by atoms with van der Waals surface area (Å²) in [6, 6.07) is 5.40. The molecule has 0 saturated heterocycles. The second kappa shape index (κ2) is 7.55. The normalized spacial score (nSPS) is 10.1. The van der Waals surface area contributed by atoms with Crippen molar-refractivity contribution < 1.29 is 19.0 Å². The number of methoxy groups -OCH3 is 1. The SMILES string of the molecule is CCOC(=O)CCOCc1cc(N)cc(OC)c1. The highest BCUT2D eigenvalue weighted by Crippen LogP contribution is 2.18. The summed E-state index contributed by atoms with van der Waals surface area (Å²) in [4.78, 5) is 11.1. The van der Waals surface area contributed by atoms with Crippen LogP contribution in [0, 0.1) is 0 Å². The number of anilines is 1. The second-order valence-electron chi connectivity index (χ2n) is 3.72. The first kappa shape index (κ1) is 14.3. The number of hydrogen-bond acceptors (Lipinski definition) is 5. The molecule has 5 nitrogen and oxygen atoms in total. The van der Waals surface area contributed by atoms with Crippen LogP contribution in [0.3, 0.4) is 0 Å². The smallest absolute Gasteiger partial charge is 0.308 e. The largest absolute Gasteiger partial charge is 0.497 e. The first-order valence-corrected chi connectivity index (χ1v) is 5.82. The second-order valence-corrected chi connectivity index (χ2v) is 3.72. The number of nitrogen functional groups attached to an aromatic ring is 1. The van der Waals surface area contributed by atoms with Crippen LogP contribution in [0.5, 0.6) is 5.75 Å². The molecule has 1 aromatic carbocycles. The fraction of sp³-hybridized carbons (Fsp3) is 0.462. The average Bonchev–Trinajstić information content (AvgIpc) is 2.34. The van der Waals surface area contributed by atoms with Crippen molar-refractivity contribution >= 4 is 11.7 Å². The van der Waals surface area contributed by atoms with E-state index in [1.807, 2.05) is 12.1 Å². The molecule has 0 heterocycles. The number of rotatable bonds is 7. The van der Waals surface area contributed by atoms with Crippen LogP contribution in [-0.4, -0.2) is 26.3 Å². The van der Waals surface area contributed by atoms with Crippen LogP contribution in [0.25, 0.3) is 0 Å². The zero-order valence-electron chi connectivity index (χ0n) is 10.8. The Hall–Kier alpha value is -1.75. The molecule has 18 heavy (non-hydrogen) atoms. The Morgan fingerprint density at radius 3 is 2.78 bits per heavy atom. The highest BCUT2D eigenvalue weighted by Gasteiger charge is 2.03. The van der Waals surface area contributed by atoms with E-state index in [9.17, 15) is 4.79 Å². The Labute approximate surface area is 107 Å². The highest BCUT2D eigenvalue weighted by atomic mass is 16.5. The lowest BCUT2D eigenvalue weighted by molar-refractivity contribution is -0.144. The number of esters is 1. The summed E-state index contributed by atoms with van der Waals surface area (Å²) in [6.07, 6.45) is 0.257. The zero-order chi connectivity index (χ0) is 13.4. The molecular weight excluding hydrogens is 234 g/mol. The van der Waals surface area contributed by atoms with E-state index in [1.165, 1.54) is 0 Å². The van der Waals surface area contributed by atoms with Gasteiger partial charge in [0.15, 0.2) is 0 Å². The third-order valence-corrected chi connectivity index (χ3v) is 2.25. The Balaban J connectivity index is 2.35. The van der Waals surface area contributed by atoms with Crippen LogP contribution >= 0.6 is 0 Å². The molecule has 0 aromatic heterocycles. The molecule has 1 rings (SSSR count). The number of benzene rings is 1. The van der Waals surface area contributed by atoms with E-state index in [2.05, 4.69) is 0 Å². The molecule has 0 aliphatic carbocycles. The van der Waals surface area contributed by atoms with E-state index in [0.717, 1.165) is 5.56 Å². The summed E-state index contributed by atoms with van der Waals surface area (Å²) < 4.78 is 15.3. The Kier molecular flexibility index (Phi) is 6.00. The number of nitrogens with two attached hydrogens (primary N) is 1. The number of hydrogen-bond donors (Lipinski definition) is 1. The maximum absolute atomic E-state index is 11.1. The van der Waals surface area contributed by atoms with Crippen molar-refractivity contribution in [1.29, 1.82) is 0 Å². The van der Waals surface area contributed by atoms with Crippen molar-refractivity contribution in [2.45, 2.75) is 20.0 Å². The molecule has 5 heteroatoms. The summed E-state index contributed by atoms with van der Waals surface area (Å²) in [5, 5.41) is 0. The summed E-state index contributed by atoms with van der Waals surface area (Å²) >= 11 is 0. The van der Waals surface area contributed by atoms with E-state index in [4.69, 9.17) is 19.9 Å². The maximum Gasteiger partial charge on any atom is 0.308 e. The molecule has 0 radical (unpaired) electrons. The minimum absolute atomic E-state index is 0.248. The molecule has 0 aliphatic rings. The van der Waals surface area contributed by atoms with Gasteiger partial charge in [-0.1, -0.05) is 0 Å². The van der Waals surface area contributed by atoms with Crippen molar-refractivity contribution in [1.82, 2.24) is 0 Å². The molecule has 1 aromatic rings. The van der Waals surface area contributed by atoms with Gasteiger partial charge in [0, 0.05) is 11.8 Å². The minimum atomic E-state index is -0.248. The van der Waals surface area contributed by atoms with E-state index in [1.54, 1.807) is 20.1 Å². The van der Waals surface area contributed by atoms with Gasteiger partial charge in [-0.3, -0.25) is 4.79 Å². The molecule has 0 unspecified atom stereocenters. The van der Waals surface area contributed by atoms with E-state index < -0.39 is 0 Å². The zero-order valence-corrected chi connectivity index (χ0v) is 10.8. The molecule has 0 fully saturated rings. The Morgan fingerprint density at radius 2 is 2.11 bits per heavy atom. The number of carbonyl (C=O) groups excluding carboxylic acids is 1. The van der Waals surface area contributed by atoms with Crippen LogP contribution < -0.4 is 10.5 Å². The first-order chi connectivity index (χ1) is 8.65. The molecule has 0 saturated carbocycles. The molecule has 0 spiro atoms. The standard InChI is InChI=1S/C13H19NO4/c1-3-18-13(15)4-5-17-9-10-6-11(14)8-12(7-10)16-2/h6-8H,3-5,9,14H2,1-2H3. The molecule has 0 amide bonds. The van der Waals surface area contributed by atoms with Gasteiger partial charge in [-0.25, -0.2) is 0 Å². The van der Waals surface area contributed by atoms with Gasteiger partial charge in [0.25, 0.3) is 0 Å². The van der Waals surface area contributed by atoms with E-state index in [0.29, 0.717) is 31.3 Å². The molecular formula is C13H19NO4. The van der Waals surface area contributed by atoms with Crippen LogP contribution in [-0.2, 0) is 20.9 Å². The van der Waals surface area contributed by atoms with Crippen LogP contribution in [0.2, 0.25) is 0 Å². The third kappa shape index (κ3) is 5.05. The number of ether oxygens (including phenoxy) is 3. The van der Waals surface area contributed by atoms with Gasteiger partial charge in [0.1, 0.15) is 5.75 Å². The lowest BCUT2D eigenvalue weighted by Gasteiger charge is -2.07. The van der Waals surface area contributed by atoms with Crippen LogP contribution in [0.15, 0.2) is 18.2 Å². The molecule has 0 aliphatic heterocycles. The molecule has 0 atom stereocenters. The average molecular weight is 253 g/mol. The monoisotopic (exact) mass is 253 g/mol. The third-order valence-electron chi connectivity index (χ3n) is 2.25. The molecule has 0 bridgehead atoms. The lowest BCUT2D eigenvalue weighted by atomic mass is 10.2. The summed E-state index contributed by atoms with van der Waals surface area (Å²) in [5.41, 5.74) is 7.25. The van der Waals surface area contributed by atoms with Crippen LogP contribution in [0.4, 0.5) is 5.69 Å².